The monoisotopic (exact) mass is 459 g/mol. The molecule has 0 amide bonds. The zero-order valence-corrected chi connectivity index (χ0v) is 19.0. The van der Waals surface area contributed by atoms with E-state index in [0.717, 1.165) is 16.6 Å². The Balaban J connectivity index is 1.76. The molecule has 2 aromatic carbocycles. The number of carbonyl (C=O) groups excluding carboxylic acids is 2. The minimum atomic E-state index is -0.658. The zero-order valence-electron chi connectivity index (χ0n) is 18.2. The second-order valence-electron chi connectivity index (χ2n) is 7.70. The second-order valence-corrected chi connectivity index (χ2v) is 8.79. The first-order chi connectivity index (χ1) is 15.1. The molecule has 3 rings (SSSR count). The molecule has 168 valence electrons. The van der Waals surface area contributed by atoms with Gasteiger partial charge < -0.3 is 0 Å². The lowest BCUT2D eigenvalue weighted by Gasteiger charge is -2.08. The van der Waals surface area contributed by atoms with E-state index in [-0.39, 0.29) is 18.1 Å². The Hall–Kier alpha value is -3.13. The van der Waals surface area contributed by atoms with Crippen molar-refractivity contribution in [3.05, 3.63) is 69.7 Å². The number of carbonyl (C=O) groups is 2. The molecule has 3 aromatic rings. The molecule has 0 bridgehead atoms. The van der Waals surface area contributed by atoms with Crippen LogP contribution in [0.15, 0.2) is 36.4 Å². The summed E-state index contributed by atoms with van der Waals surface area (Å²) in [5.74, 6) is -1.50. The van der Waals surface area contributed by atoms with Gasteiger partial charge in [0.1, 0.15) is 16.6 Å². The molecule has 0 aliphatic heterocycles. The fourth-order valence-electron chi connectivity index (χ4n) is 3.19. The Morgan fingerprint density at radius 1 is 1.09 bits per heavy atom. The van der Waals surface area contributed by atoms with E-state index < -0.39 is 17.6 Å². The normalized spacial score (nSPS) is 11.0. The predicted octanol–water partition coefficient (Wildman–Crippen LogP) is 6.19. The SMILES string of the molecule is CC(=O)OOc1ccc(C(=O)CCc2sc(-c3cc(F)cc(F)c3)nc2C(C)C)cc1C. The van der Waals surface area contributed by atoms with Gasteiger partial charge in [0, 0.05) is 35.4 Å². The lowest BCUT2D eigenvalue weighted by Crippen LogP contribution is -2.06. The molecule has 0 atom stereocenters. The van der Waals surface area contributed by atoms with Crippen LogP contribution < -0.4 is 4.89 Å². The van der Waals surface area contributed by atoms with Gasteiger partial charge in [-0.25, -0.2) is 18.6 Å². The first kappa shape index (κ1) is 23.5. The number of benzene rings is 2. The molecule has 0 fully saturated rings. The highest BCUT2D eigenvalue weighted by Crippen LogP contribution is 2.33. The van der Waals surface area contributed by atoms with Crippen LogP contribution in [0.4, 0.5) is 8.78 Å². The predicted molar refractivity (Wildman–Crippen MR) is 118 cm³/mol. The van der Waals surface area contributed by atoms with Gasteiger partial charge in [-0.2, -0.15) is 0 Å². The third-order valence-corrected chi connectivity index (χ3v) is 5.89. The highest BCUT2D eigenvalue weighted by molar-refractivity contribution is 7.15. The van der Waals surface area contributed by atoms with Crippen molar-refractivity contribution in [2.24, 2.45) is 0 Å². The first-order valence-corrected chi connectivity index (χ1v) is 10.9. The van der Waals surface area contributed by atoms with Crippen molar-refractivity contribution < 1.29 is 28.1 Å². The maximum Gasteiger partial charge on any atom is 0.352 e. The molecule has 1 heterocycles. The van der Waals surface area contributed by atoms with E-state index in [1.54, 1.807) is 25.1 Å². The maximum absolute atomic E-state index is 13.6. The highest BCUT2D eigenvalue weighted by Gasteiger charge is 2.18. The second kappa shape index (κ2) is 9.99. The van der Waals surface area contributed by atoms with Gasteiger partial charge in [-0.05, 0) is 55.2 Å². The molecule has 0 radical (unpaired) electrons. The molecule has 0 aliphatic rings. The van der Waals surface area contributed by atoms with Crippen molar-refractivity contribution in [3.63, 3.8) is 0 Å². The summed E-state index contributed by atoms with van der Waals surface area (Å²) >= 11 is 1.35. The van der Waals surface area contributed by atoms with Crippen LogP contribution in [0.2, 0.25) is 0 Å². The maximum atomic E-state index is 13.6. The van der Waals surface area contributed by atoms with E-state index in [2.05, 4.69) is 9.87 Å². The molecule has 8 heteroatoms. The summed E-state index contributed by atoms with van der Waals surface area (Å²) in [5, 5.41) is 0.525. The smallest absolute Gasteiger partial charge is 0.294 e. The Morgan fingerprint density at radius 3 is 2.38 bits per heavy atom. The van der Waals surface area contributed by atoms with Crippen LogP contribution >= 0.6 is 11.3 Å². The van der Waals surface area contributed by atoms with Gasteiger partial charge >= 0.3 is 5.97 Å². The number of nitrogens with zero attached hydrogens (tertiary/aromatic N) is 1. The van der Waals surface area contributed by atoms with Crippen LogP contribution in [0.25, 0.3) is 10.6 Å². The number of thiazole rings is 1. The van der Waals surface area contributed by atoms with Gasteiger partial charge in [0.15, 0.2) is 11.5 Å². The fourth-order valence-corrected chi connectivity index (χ4v) is 4.39. The molecule has 32 heavy (non-hydrogen) atoms. The third kappa shape index (κ3) is 5.76. The summed E-state index contributed by atoms with van der Waals surface area (Å²) < 4.78 is 27.3. The van der Waals surface area contributed by atoms with Crippen molar-refractivity contribution >= 4 is 23.1 Å². The number of aryl methyl sites for hydroxylation is 2. The standard InChI is InChI=1S/C24H23F2NO4S/c1-13(2)23-22(32-24(27-23)17-10-18(25)12-19(26)11-17)8-6-20(29)16-5-7-21(14(3)9-16)31-30-15(4)28/h5,7,9-13H,6,8H2,1-4H3. The first-order valence-electron chi connectivity index (χ1n) is 10.1. The van der Waals surface area contributed by atoms with Gasteiger partial charge in [-0.15, -0.1) is 11.3 Å². The van der Waals surface area contributed by atoms with Crippen molar-refractivity contribution in [2.45, 2.75) is 46.5 Å². The van der Waals surface area contributed by atoms with Crippen LogP contribution in [-0.2, 0) is 16.1 Å². The summed E-state index contributed by atoms with van der Waals surface area (Å²) in [6.07, 6.45) is 0.717. The highest BCUT2D eigenvalue weighted by atomic mass is 32.1. The number of ketones is 1. The van der Waals surface area contributed by atoms with Gasteiger partial charge in [0.2, 0.25) is 0 Å². The van der Waals surface area contributed by atoms with Crippen molar-refractivity contribution in [1.82, 2.24) is 4.98 Å². The quantitative estimate of drug-likeness (QED) is 0.228. The van der Waals surface area contributed by atoms with E-state index in [9.17, 15) is 18.4 Å². The van der Waals surface area contributed by atoms with E-state index in [1.165, 1.54) is 30.4 Å². The molecule has 0 N–H and O–H groups in total. The number of Topliss-reactive ketones (excluding diaryl/α,β-unsaturated/α-hetero) is 1. The fraction of sp³-hybridized carbons (Fsp3) is 0.292. The molecule has 5 nitrogen and oxygen atoms in total. The van der Waals surface area contributed by atoms with E-state index in [4.69, 9.17) is 4.89 Å². The summed E-state index contributed by atoms with van der Waals surface area (Å²) in [7, 11) is 0. The molecule has 1 aromatic heterocycles. The minimum absolute atomic E-state index is 0.0615. The van der Waals surface area contributed by atoms with Gasteiger partial charge in [0.25, 0.3) is 0 Å². The van der Waals surface area contributed by atoms with Gasteiger partial charge in [-0.3, -0.25) is 14.6 Å². The Bertz CT molecular complexity index is 1140. The molecule has 0 spiro atoms. The summed E-state index contributed by atoms with van der Waals surface area (Å²) in [6, 6.07) is 8.20. The molecule has 0 saturated carbocycles. The number of rotatable bonds is 8. The van der Waals surface area contributed by atoms with Crippen LogP contribution in [0.3, 0.4) is 0 Å². The topological polar surface area (TPSA) is 65.5 Å². The van der Waals surface area contributed by atoms with Crippen LogP contribution in [0.1, 0.15) is 59.6 Å². The number of hydrogen-bond acceptors (Lipinski definition) is 6. The largest absolute Gasteiger partial charge is 0.352 e. The summed E-state index contributed by atoms with van der Waals surface area (Å²) in [5.41, 5.74) is 2.38. The number of hydrogen-bond donors (Lipinski definition) is 0. The van der Waals surface area contributed by atoms with E-state index in [1.807, 2.05) is 13.8 Å². The van der Waals surface area contributed by atoms with E-state index in [0.29, 0.717) is 33.9 Å². The summed E-state index contributed by atoms with van der Waals surface area (Å²) in [6.45, 7) is 6.96. The third-order valence-electron chi connectivity index (χ3n) is 4.71. The average Bonchev–Trinajstić information content (AvgIpc) is 3.15. The Labute approximate surface area is 189 Å². The Morgan fingerprint density at radius 2 is 1.78 bits per heavy atom. The van der Waals surface area contributed by atoms with Crippen molar-refractivity contribution in [2.75, 3.05) is 0 Å². The average molecular weight is 460 g/mol. The minimum Gasteiger partial charge on any atom is -0.294 e. The van der Waals surface area contributed by atoms with Gasteiger partial charge in [0.05, 0.1) is 5.69 Å². The van der Waals surface area contributed by atoms with Gasteiger partial charge in [-0.1, -0.05) is 13.8 Å². The molecular formula is C24H23F2NO4S. The lowest BCUT2D eigenvalue weighted by molar-refractivity contribution is -0.211. The van der Waals surface area contributed by atoms with Crippen LogP contribution in [0.5, 0.6) is 5.75 Å². The Kier molecular flexibility index (Phi) is 7.35. The van der Waals surface area contributed by atoms with Crippen LogP contribution in [-0.4, -0.2) is 16.7 Å². The lowest BCUT2D eigenvalue weighted by atomic mass is 10.0. The number of halogens is 2. The molecular weight excluding hydrogens is 436 g/mol. The summed E-state index contributed by atoms with van der Waals surface area (Å²) in [4.78, 5) is 38.6. The molecule has 0 aliphatic carbocycles. The van der Waals surface area contributed by atoms with Crippen molar-refractivity contribution in [3.8, 4) is 16.3 Å². The molecule has 0 saturated heterocycles. The molecule has 0 unspecified atom stereocenters. The van der Waals surface area contributed by atoms with Crippen molar-refractivity contribution in [1.29, 1.82) is 0 Å². The van der Waals surface area contributed by atoms with E-state index >= 15 is 0 Å². The number of aromatic nitrogens is 1. The van der Waals surface area contributed by atoms with Crippen LogP contribution in [0, 0.1) is 18.6 Å². The zero-order chi connectivity index (χ0) is 23.4.